The van der Waals surface area contributed by atoms with E-state index in [2.05, 4.69) is 4.98 Å². The van der Waals surface area contributed by atoms with E-state index in [-0.39, 0.29) is 29.4 Å². The molecule has 1 aromatic rings. The molecule has 22 heavy (non-hydrogen) atoms. The topological polar surface area (TPSA) is 76.6 Å². The molecule has 0 spiro atoms. The van der Waals surface area contributed by atoms with Crippen LogP contribution in [0.1, 0.15) is 12.8 Å². The van der Waals surface area contributed by atoms with E-state index in [9.17, 15) is 17.6 Å². The van der Waals surface area contributed by atoms with Crippen molar-refractivity contribution in [3.8, 4) is 5.88 Å². The molecule has 1 amide bonds. The van der Waals surface area contributed by atoms with E-state index in [1.165, 1.54) is 12.1 Å². The van der Waals surface area contributed by atoms with Crippen LogP contribution in [0.4, 0.5) is 4.39 Å². The van der Waals surface area contributed by atoms with Crippen LogP contribution in [0, 0.1) is 11.9 Å². The summed E-state index contributed by atoms with van der Waals surface area (Å²) in [5, 5.41) is 0. The van der Waals surface area contributed by atoms with Gasteiger partial charge in [-0.15, -0.1) is 0 Å². The summed E-state index contributed by atoms with van der Waals surface area (Å²) < 4.78 is 41.5. The molecule has 0 N–H and O–H groups in total. The number of aromatic nitrogens is 1. The maximum absolute atomic E-state index is 13.0. The van der Waals surface area contributed by atoms with Gasteiger partial charge in [-0.05, 0) is 12.5 Å². The quantitative estimate of drug-likeness (QED) is 0.761. The predicted octanol–water partition coefficient (Wildman–Crippen LogP) is 0.635. The second-order valence-corrected chi connectivity index (χ2v) is 7.94. The number of rotatable bonds is 3. The fraction of sp³-hybridized carbons (Fsp3) is 0.571. The molecule has 1 aromatic heterocycles. The van der Waals surface area contributed by atoms with Gasteiger partial charge in [0, 0.05) is 19.0 Å². The van der Waals surface area contributed by atoms with E-state index < -0.39 is 21.7 Å². The van der Waals surface area contributed by atoms with Crippen molar-refractivity contribution in [1.29, 1.82) is 0 Å². The Kier molecular flexibility index (Phi) is 4.03. The summed E-state index contributed by atoms with van der Waals surface area (Å²) in [6.07, 6.45) is 0.786. The highest BCUT2D eigenvalue weighted by atomic mass is 32.2. The van der Waals surface area contributed by atoms with Crippen molar-refractivity contribution in [1.82, 2.24) is 9.88 Å². The van der Waals surface area contributed by atoms with Gasteiger partial charge < -0.3 is 9.64 Å². The lowest BCUT2D eigenvalue weighted by atomic mass is 10.1. The van der Waals surface area contributed by atoms with Gasteiger partial charge in [0.15, 0.2) is 9.84 Å². The van der Waals surface area contributed by atoms with E-state index in [0.717, 1.165) is 0 Å². The average Bonchev–Trinajstić information content (AvgIpc) is 3.05. The Morgan fingerprint density at radius 3 is 2.86 bits per heavy atom. The second-order valence-electron chi connectivity index (χ2n) is 5.71. The Balaban J connectivity index is 1.57. The number of hydrogen-bond donors (Lipinski definition) is 0. The number of halogens is 1. The molecule has 2 atom stereocenters. The molecule has 0 saturated carbocycles. The van der Waals surface area contributed by atoms with E-state index in [1.807, 2.05) is 0 Å². The van der Waals surface area contributed by atoms with Crippen LogP contribution in [-0.4, -0.2) is 54.9 Å². The number of carbonyl (C=O) groups excluding carboxylic acids is 1. The number of amides is 1. The van der Waals surface area contributed by atoms with Crippen molar-refractivity contribution in [2.24, 2.45) is 5.92 Å². The maximum Gasteiger partial charge on any atom is 0.226 e. The van der Waals surface area contributed by atoms with Gasteiger partial charge in [0.05, 0.1) is 24.0 Å². The van der Waals surface area contributed by atoms with Gasteiger partial charge in [-0.3, -0.25) is 4.79 Å². The molecule has 2 aliphatic heterocycles. The molecule has 3 heterocycles. The zero-order chi connectivity index (χ0) is 15.7. The summed E-state index contributed by atoms with van der Waals surface area (Å²) in [5.74, 6) is -0.943. The number of pyridine rings is 1. The number of sulfone groups is 1. The third-order valence-corrected chi connectivity index (χ3v) is 5.78. The third-order valence-electron chi connectivity index (χ3n) is 4.02. The van der Waals surface area contributed by atoms with Gasteiger partial charge in [0.2, 0.25) is 17.7 Å². The molecule has 0 aliphatic carbocycles. The number of likely N-dealkylation sites (tertiary alicyclic amines) is 1. The molecule has 6 nitrogen and oxygen atoms in total. The number of hydrogen-bond acceptors (Lipinski definition) is 5. The van der Waals surface area contributed by atoms with Crippen molar-refractivity contribution in [2.75, 3.05) is 24.6 Å². The summed E-state index contributed by atoms with van der Waals surface area (Å²) in [6, 6.07) is 4.31. The van der Waals surface area contributed by atoms with Gasteiger partial charge in [0.1, 0.15) is 6.10 Å². The van der Waals surface area contributed by atoms with Crippen molar-refractivity contribution in [3.05, 3.63) is 24.1 Å². The van der Waals surface area contributed by atoms with E-state index in [1.54, 1.807) is 11.0 Å². The van der Waals surface area contributed by atoms with Gasteiger partial charge in [-0.2, -0.15) is 9.37 Å². The maximum atomic E-state index is 13.0. The van der Waals surface area contributed by atoms with Crippen LogP contribution in [-0.2, 0) is 14.6 Å². The highest BCUT2D eigenvalue weighted by Gasteiger charge is 2.38. The van der Waals surface area contributed by atoms with Gasteiger partial charge >= 0.3 is 0 Å². The van der Waals surface area contributed by atoms with Crippen LogP contribution in [0.3, 0.4) is 0 Å². The standard InChI is InChI=1S/C14H17FN2O4S/c15-12-2-1-3-13(16-12)21-11-4-6-17(8-11)14(18)10-5-7-22(19,20)9-10/h1-3,10-11H,4-9H2. The van der Waals surface area contributed by atoms with E-state index in [4.69, 9.17) is 4.74 Å². The normalized spacial score (nSPS) is 27.0. The predicted molar refractivity (Wildman–Crippen MR) is 76.6 cm³/mol. The zero-order valence-corrected chi connectivity index (χ0v) is 12.8. The summed E-state index contributed by atoms with van der Waals surface area (Å²) in [7, 11) is -3.07. The first kappa shape index (κ1) is 15.2. The molecule has 2 unspecified atom stereocenters. The Hall–Kier alpha value is -1.70. The first-order chi connectivity index (χ1) is 10.4. The Bertz CT molecular complexity index is 679. The minimum atomic E-state index is -3.07. The average molecular weight is 328 g/mol. The molecular weight excluding hydrogens is 311 g/mol. The van der Waals surface area contributed by atoms with Crippen molar-refractivity contribution < 1.29 is 22.3 Å². The molecule has 0 bridgehead atoms. The SMILES string of the molecule is O=C(C1CCS(=O)(=O)C1)N1CCC(Oc2cccc(F)n2)C1. The fourth-order valence-corrected chi connectivity index (χ4v) is 4.63. The summed E-state index contributed by atoms with van der Waals surface area (Å²) >= 11 is 0. The van der Waals surface area contributed by atoms with Crippen molar-refractivity contribution >= 4 is 15.7 Å². The molecule has 3 rings (SSSR count). The number of carbonyl (C=O) groups is 1. The van der Waals surface area contributed by atoms with E-state index in [0.29, 0.717) is 25.9 Å². The number of ether oxygens (including phenoxy) is 1. The van der Waals surface area contributed by atoms with Crippen molar-refractivity contribution in [2.45, 2.75) is 18.9 Å². The lowest BCUT2D eigenvalue weighted by Crippen LogP contribution is -2.36. The minimum absolute atomic E-state index is 0.0562. The first-order valence-electron chi connectivity index (χ1n) is 7.21. The van der Waals surface area contributed by atoms with E-state index >= 15 is 0 Å². The van der Waals surface area contributed by atoms with Gasteiger partial charge in [-0.1, -0.05) is 6.07 Å². The van der Waals surface area contributed by atoms with Crippen molar-refractivity contribution in [3.63, 3.8) is 0 Å². The summed E-state index contributed by atoms with van der Waals surface area (Å²) in [5.41, 5.74) is 0. The van der Waals surface area contributed by atoms with Crippen LogP contribution in [0.25, 0.3) is 0 Å². The summed E-state index contributed by atoms with van der Waals surface area (Å²) in [4.78, 5) is 17.6. The first-order valence-corrected chi connectivity index (χ1v) is 9.03. The summed E-state index contributed by atoms with van der Waals surface area (Å²) in [6.45, 7) is 0.906. The largest absolute Gasteiger partial charge is 0.472 e. The second kappa shape index (κ2) is 5.83. The van der Waals surface area contributed by atoms with Crippen LogP contribution in [0.2, 0.25) is 0 Å². The third kappa shape index (κ3) is 3.37. The lowest BCUT2D eigenvalue weighted by Gasteiger charge is -2.19. The van der Waals surface area contributed by atoms with Crippen LogP contribution in [0.15, 0.2) is 18.2 Å². The Labute approximate surface area is 128 Å². The highest BCUT2D eigenvalue weighted by Crippen LogP contribution is 2.24. The molecule has 2 saturated heterocycles. The molecule has 0 aromatic carbocycles. The lowest BCUT2D eigenvalue weighted by molar-refractivity contribution is -0.133. The molecule has 8 heteroatoms. The fourth-order valence-electron chi connectivity index (χ4n) is 2.90. The highest BCUT2D eigenvalue weighted by molar-refractivity contribution is 7.91. The molecule has 0 radical (unpaired) electrons. The minimum Gasteiger partial charge on any atom is -0.472 e. The zero-order valence-electron chi connectivity index (χ0n) is 11.9. The molecular formula is C14H17FN2O4S. The Morgan fingerprint density at radius 1 is 1.36 bits per heavy atom. The van der Waals surface area contributed by atoms with Crippen LogP contribution in [0.5, 0.6) is 5.88 Å². The van der Waals surface area contributed by atoms with Gasteiger partial charge in [0.25, 0.3) is 0 Å². The molecule has 2 aliphatic rings. The smallest absolute Gasteiger partial charge is 0.226 e. The van der Waals surface area contributed by atoms with Crippen LogP contribution < -0.4 is 4.74 Å². The Morgan fingerprint density at radius 2 is 2.18 bits per heavy atom. The number of nitrogens with zero attached hydrogens (tertiary/aromatic N) is 2. The molecule has 2 fully saturated rings. The van der Waals surface area contributed by atoms with Gasteiger partial charge in [-0.25, -0.2) is 8.42 Å². The molecule has 120 valence electrons. The van der Waals surface area contributed by atoms with Crippen LogP contribution >= 0.6 is 0 Å². The monoisotopic (exact) mass is 328 g/mol.